The second kappa shape index (κ2) is 60.2. The summed E-state index contributed by atoms with van der Waals surface area (Å²) in [5.74, 6) is -1.62. The molecule has 3 atom stereocenters. The fourth-order valence-electron chi connectivity index (χ4n) is 7.45. The zero-order valence-corrected chi connectivity index (χ0v) is 50.6. The number of rotatable bonds is 54. The van der Waals surface area contributed by atoms with Crippen molar-refractivity contribution in [3.63, 3.8) is 0 Å². The number of aliphatic hydroxyl groups is 1. The molecule has 0 amide bonds. The molecule has 0 radical (unpaired) electrons. The van der Waals surface area contributed by atoms with Crippen LogP contribution < -0.4 is 0 Å². The van der Waals surface area contributed by atoms with Gasteiger partial charge in [-0.2, -0.15) is 0 Å². The largest absolute Gasteiger partial charge is 0.472 e. The van der Waals surface area contributed by atoms with Gasteiger partial charge in [0.05, 0.1) is 19.8 Å². The summed E-state index contributed by atoms with van der Waals surface area (Å²) in [5.41, 5.74) is 0. The van der Waals surface area contributed by atoms with Crippen molar-refractivity contribution in [1.82, 2.24) is 0 Å². The Morgan fingerprint density at radius 3 is 0.988 bits per heavy atom. The van der Waals surface area contributed by atoms with E-state index in [9.17, 15) is 28.9 Å². The number of hydrogen-bond acceptors (Lipinski definition) is 10. The molecule has 12 heteroatoms. The molecule has 0 aliphatic rings. The molecule has 11 nitrogen and oxygen atoms in total. The Kier molecular flexibility index (Phi) is 56.5. The van der Waals surface area contributed by atoms with E-state index >= 15 is 0 Å². The van der Waals surface area contributed by atoms with Gasteiger partial charge in [0.2, 0.25) is 0 Å². The van der Waals surface area contributed by atoms with Gasteiger partial charge in [-0.05, 0) is 128 Å². The molecule has 0 fully saturated rings. The van der Waals surface area contributed by atoms with Crippen molar-refractivity contribution in [2.24, 2.45) is 0 Å². The maximum absolute atomic E-state index is 12.9. The average molecular weight is 1130 g/mol. The van der Waals surface area contributed by atoms with Crippen molar-refractivity contribution >= 4 is 25.7 Å². The number of hydrogen-bond donors (Lipinski definition) is 2. The van der Waals surface area contributed by atoms with Crippen molar-refractivity contribution in [3.05, 3.63) is 158 Å². The fraction of sp³-hybridized carbons (Fsp3) is 0.574. The van der Waals surface area contributed by atoms with E-state index in [0.717, 1.165) is 154 Å². The van der Waals surface area contributed by atoms with Crippen molar-refractivity contribution in [2.45, 2.75) is 226 Å². The molecule has 0 saturated heterocycles. The van der Waals surface area contributed by atoms with Crippen LogP contribution in [0.4, 0.5) is 0 Å². The SMILES string of the molecule is CC/C=C\C/C=C\C/C=C\C/C=C\C/C=C\C/C=C\CCC(=O)OCC(COP(=O)(O)OCC(CO)OC(=O)CCCCCCC/C=C\C/C=C\C/C=C\CC)OC(=O)CCCCCCCC/C=C\C/C=C\C/C=C\C/C=C\CC. The van der Waals surface area contributed by atoms with Gasteiger partial charge in [-0.25, -0.2) is 4.57 Å². The van der Waals surface area contributed by atoms with E-state index in [1.54, 1.807) is 0 Å². The Labute approximate surface area is 485 Å². The molecule has 3 unspecified atom stereocenters. The second-order valence-corrected chi connectivity index (χ2v) is 20.8. The summed E-state index contributed by atoms with van der Waals surface area (Å²) in [6, 6.07) is 0. The van der Waals surface area contributed by atoms with Crippen LogP contribution in [-0.4, -0.2) is 66.5 Å². The molecular weight excluding hydrogens is 1020 g/mol. The highest BCUT2D eigenvalue weighted by atomic mass is 31.2. The van der Waals surface area contributed by atoms with Crippen LogP contribution in [0.1, 0.15) is 213 Å². The van der Waals surface area contributed by atoms with E-state index < -0.39 is 64.4 Å². The molecule has 0 aromatic heterocycles. The number of phosphoric ester groups is 1. The molecule has 2 N–H and O–H groups in total. The minimum Gasteiger partial charge on any atom is -0.462 e. The maximum Gasteiger partial charge on any atom is 0.472 e. The maximum atomic E-state index is 12.9. The van der Waals surface area contributed by atoms with Crippen LogP contribution in [0.3, 0.4) is 0 Å². The second-order valence-electron chi connectivity index (χ2n) is 19.4. The summed E-state index contributed by atoms with van der Waals surface area (Å²) in [4.78, 5) is 48.7. The first-order valence-corrected chi connectivity index (χ1v) is 31.9. The molecular formula is C68H107O11P. The molecule has 80 heavy (non-hydrogen) atoms. The number of carbonyl (C=O) groups is 3. The van der Waals surface area contributed by atoms with Gasteiger partial charge in [0, 0.05) is 19.3 Å². The zero-order valence-electron chi connectivity index (χ0n) is 49.7. The molecule has 0 heterocycles. The van der Waals surface area contributed by atoms with E-state index in [2.05, 4.69) is 167 Å². The monoisotopic (exact) mass is 1130 g/mol. The Morgan fingerprint density at radius 2 is 0.637 bits per heavy atom. The van der Waals surface area contributed by atoms with E-state index in [1.807, 2.05) is 12.2 Å². The summed E-state index contributed by atoms with van der Waals surface area (Å²) in [6.07, 6.45) is 79.2. The first-order chi connectivity index (χ1) is 39.2. The highest BCUT2D eigenvalue weighted by Crippen LogP contribution is 2.43. The quantitative estimate of drug-likeness (QED) is 0.0197. The smallest absolute Gasteiger partial charge is 0.462 e. The first-order valence-electron chi connectivity index (χ1n) is 30.4. The average Bonchev–Trinajstić information content (AvgIpc) is 3.45. The topological polar surface area (TPSA) is 155 Å². The predicted molar refractivity (Wildman–Crippen MR) is 334 cm³/mol. The summed E-state index contributed by atoms with van der Waals surface area (Å²) in [6.45, 7) is 4.17. The summed E-state index contributed by atoms with van der Waals surface area (Å²) in [5, 5.41) is 9.83. The third-order valence-electron chi connectivity index (χ3n) is 11.9. The van der Waals surface area contributed by atoms with Gasteiger partial charge in [0.15, 0.2) is 6.10 Å². The van der Waals surface area contributed by atoms with Crippen molar-refractivity contribution in [2.75, 3.05) is 26.4 Å². The van der Waals surface area contributed by atoms with Gasteiger partial charge in [-0.15, -0.1) is 0 Å². The number of phosphoric acid groups is 1. The van der Waals surface area contributed by atoms with Crippen LogP contribution in [0.15, 0.2) is 158 Å². The molecule has 0 rings (SSSR count). The summed E-state index contributed by atoms with van der Waals surface area (Å²) >= 11 is 0. The first kappa shape index (κ1) is 75.1. The van der Waals surface area contributed by atoms with Gasteiger partial charge in [0.1, 0.15) is 12.7 Å². The highest BCUT2D eigenvalue weighted by molar-refractivity contribution is 7.47. The molecule has 0 aromatic carbocycles. The van der Waals surface area contributed by atoms with Crippen LogP contribution in [0, 0.1) is 0 Å². The minimum absolute atomic E-state index is 0.0875. The van der Waals surface area contributed by atoms with Crippen LogP contribution in [-0.2, 0) is 42.2 Å². The highest BCUT2D eigenvalue weighted by Gasteiger charge is 2.28. The van der Waals surface area contributed by atoms with E-state index in [-0.39, 0.29) is 19.3 Å². The van der Waals surface area contributed by atoms with Crippen LogP contribution in [0.5, 0.6) is 0 Å². The van der Waals surface area contributed by atoms with Crippen LogP contribution >= 0.6 is 7.82 Å². The molecule has 0 aliphatic carbocycles. The number of allylic oxidation sites excluding steroid dienone is 26. The van der Waals surface area contributed by atoms with Gasteiger partial charge in [-0.1, -0.05) is 224 Å². The molecule has 0 aliphatic heterocycles. The Balaban J connectivity index is 4.89. The van der Waals surface area contributed by atoms with Gasteiger partial charge in [-0.3, -0.25) is 23.4 Å². The van der Waals surface area contributed by atoms with Gasteiger partial charge in [0.25, 0.3) is 0 Å². The Morgan fingerprint density at radius 1 is 0.350 bits per heavy atom. The minimum atomic E-state index is -4.79. The molecule has 0 spiro atoms. The summed E-state index contributed by atoms with van der Waals surface area (Å²) in [7, 11) is -4.79. The molecule has 0 bridgehead atoms. The Bertz CT molecular complexity index is 1950. The number of esters is 3. The number of carbonyl (C=O) groups excluding carboxylic acids is 3. The molecule has 450 valence electrons. The number of ether oxygens (including phenoxy) is 3. The van der Waals surface area contributed by atoms with Gasteiger partial charge < -0.3 is 24.2 Å². The zero-order chi connectivity index (χ0) is 58.3. The standard InChI is InChI=1S/C68H107O11P/c1-4-7-10-13-16-19-22-25-28-30-32-34-37-39-42-45-48-51-54-57-66(70)75-61-65(79-68(72)59-56-53-50-47-44-41-38-35-33-31-29-26-23-20-17-14-11-8-5-2)63-77-80(73,74)76-62-64(60-69)78-67(71)58-55-52-49-46-43-40-36-27-24-21-18-15-12-9-6-3/h7-12,16-21,25-29,32-36,39,42,48,51,64-65,69H,4-6,13-15,22-24,30-31,37-38,40-41,43-47,49-50,52-63H2,1-3H3,(H,73,74)/b10-7-,11-8-,12-9-,19-16-,20-17-,21-18-,28-25-,29-26-,34-32-,35-33-,36-27-,42-39-,51-48-. The van der Waals surface area contributed by atoms with E-state index in [0.29, 0.717) is 19.3 Å². The number of unbranched alkanes of at least 4 members (excludes halogenated alkanes) is 11. The lowest BCUT2D eigenvalue weighted by Gasteiger charge is -2.21. The van der Waals surface area contributed by atoms with Gasteiger partial charge >= 0.3 is 25.7 Å². The molecule has 0 aromatic rings. The lowest BCUT2D eigenvalue weighted by atomic mass is 10.1. The Hall–Kier alpha value is -4.90. The molecule has 0 saturated carbocycles. The fourth-order valence-corrected chi connectivity index (χ4v) is 8.23. The van der Waals surface area contributed by atoms with Crippen molar-refractivity contribution < 1.29 is 52.2 Å². The van der Waals surface area contributed by atoms with Crippen molar-refractivity contribution in [1.29, 1.82) is 0 Å². The predicted octanol–water partition coefficient (Wildman–Crippen LogP) is 18.5. The van der Waals surface area contributed by atoms with E-state index in [1.165, 1.54) is 0 Å². The van der Waals surface area contributed by atoms with Crippen LogP contribution in [0.25, 0.3) is 0 Å². The van der Waals surface area contributed by atoms with E-state index in [4.69, 9.17) is 23.3 Å². The lowest BCUT2D eigenvalue weighted by Crippen LogP contribution is -2.30. The third kappa shape index (κ3) is 57.8. The number of aliphatic hydroxyl groups excluding tert-OH is 1. The normalized spacial score (nSPS) is 14.4. The third-order valence-corrected chi connectivity index (χ3v) is 12.9. The van der Waals surface area contributed by atoms with Crippen LogP contribution in [0.2, 0.25) is 0 Å². The van der Waals surface area contributed by atoms with Crippen molar-refractivity contribution in [3.8, 4) is 0 Å². The lowest BCUT2D eigenvalue weighted by molar-refractivity contribution is -0.161. The summed E-state index contributed by atoms with van der Waals surface area (Å²) < 4.78 is 39.5.